The molecular weight excluding hydrogens is 356 g/mol. The molecule has 1 fully saturated rings. The number of aliphatic carboxylic acids is 1. The number of carboxylic acids is 1. The van der Waals surface area contributed by atoms with E-state index in [1.807, 2.05) is 6.33 Å². The Balaban J connectivity index is 1.37. The number of hydrogen-bond donors (Lipinski definition) is 2. The van der Waals surface area contributed by atoms with Crippen molar-refractivity contribution in [1.29, 1.82) is 0 Å². The Kier molecular flexibility index (Phi) is 5.07. The molecule has 2 aliphatic rings. The van der Waals surface area contributed by atoms with Gasteiger partial charge in [-0.3, -0.25) is 4.79 Å². The third-order valence-corrected chi connectivity index (χ3v) is 5.92. The Labute approximate surface area is 164 Å². The summed E-state index contributed by atoms with van der Waals surface area (Å²) >= 11 is 0. The highest BCUT2D eigenvalue weighted by molar-refractivity contribution is 5.75. The van der Waals surface area contributed by atoms with Gasteiger partial charge in [-0.05, 0) is 44.7 Å². The highest BCUT2D eigenvalue weighted by Crippen LogP contribution is 2.25. The number of rotatable bonds is 3. The molecule has 4 rings (SSSR count). The van der Waals surface area contributed by atoms with E-state index < -0.39 is 5.97 Å². The molecule has 1 saturated carbocycles. The van der Waals surface area contributed by atoms with Crippen molar-refractivity contribution in [1.82, 2.24) is 19.8 Å². The molecule has 28 heavy (non-hydrogen) atoms. The summed E-state index contributed by atoms with van der Waals surface area (Å²) in [5, 5.41) is 12.2. The molecule has 1 aliphatic carbocycles. The van der Waals surface area contributed by atoms with Crippen molar-refractivity contribution in [2.75, 3.05) is 6.54 Å². The van der Waals surface area contributed by atoms with Gasteiger partial charge in [0.05, 0.1) is 24.5 Å². The largest absolute Gasteiger partial charge is 0.481 e. The van der Waals surface area contributed by atoms with E-state index in [1.54, 1.807) is 4.90 Å². The number of nitrogens with zero attached hydrogens (tertiary/aromatic N) is 3. The van der Waals surface area contributed by atoms with E-state index >= 15 is 0 Å². The van der Waals surface area contributed by atoms with Crippen LogP contribution in [-0.4, -0.2) is 44.1 Å². The molecule has 1 aromatic carbocycles. The summed E-state index contributed by atoms with van der Waals surface area (Å²) in [6.07, 6.45) is 5.32. The lowest BCUT2D eigenvalue weighted by atomic mass is 9.86. The Hall–Kier alpha value is -2.83. The minimum absolute atomic E-state index is 0.0645. The number of carbonyl (C=O) groups excluding carboxylic acids is 1. The first-order valence-corrected chi connectivity index (χ1v) is 9.91. The number of hydrogen-bond acceptors (Lipinski definition) is 3. The van der Waals surface area contributed by atoms with Crippen LogP contribution in [0, 0.1) is 12.8 Å². The molecule has 0 radical (unpaired) electrons. The van der Waals surface area contributed by atoms with Gasteiger partial charge in [-0.25, -0.2) is 9.78 Å². The van der Waals surface area contributed by atoms with Crippen molar-refractivity contribution in [3.8, 4) is 5.69 Å². The smallest absolute Gasteiger partial charge is 0.317 e. The van der Waals surface area contributed by atoms with E-state index in [4.69, 9.17) is 5.11 Å². The van der Waals surface area contributed by atoms with E-state index in [1.165, 1.54) is 5.56 Å². The van der Waals surface area contributed by atoms with Crippen LogP contribution in [0.1, 0.15) is 42.6 Å². The number of nitrogens with one attached hydrogen (secondary N) is 1. The molecule has 148 valence electrons. The van der Waals surface area contributed by atoms with Crippen molar-refractivity contribution in [3.63, 3.8) is 0 Å². The van der Waals surface area contributed by atoms with Gasteiger partial charge in [-0.1, -0.05) is 17.7 Å². The van der Waals surface area contributed by atoms with Crippen molar-refractivity contribution >= 4 is 12.0 Å². The summed E-state index contributed by atoms with van der Waals surface area (Å²) in [6.45, 7) is 3.23. The van der Waals surface area contributed by atoms with Gasteiger partial charge in [0.2, 0.25) is 0 Å². The highest BCUT2D eigenvalue weighted by atomic mass is 16.4. The summed E-state index contributed by atoms with van der Waals surface area (Å²) in [5.74, 6) is -0.992. The van der Waals surface area contributed by atoms with Crippen LogP contribution in [0.3, 0.4) is 0 Å². The number of aryl methyl sites for hydroxylation is 1. The van der Waals surface area contributed by atoms with E-state index in [9.17, 15) is 9.59 Å². The molecule has 0 unspecified atom stereocenters. The lowest BCUT2D eigenvalue weighted by molar-refractivity contribution is -0.142. The minimum Gasteiger partial charge on any atom is -0.481 e. The maximum absolute atomic E-state index is 12.7. The lowest BCUT2D eigenvalue weighted by Gasteiger charge is -2.32. The van der Waals surface area contributed by atoms with Crippen LogP contribution in [0.5, 0.6) is 0 Å². The molecule has 0 bridgehead atoms. The van der Waals surface area contributed by atoms with Gasteiger partial charge in [0.15, 0.2) is 0 Å². The Morgan fingerprint density at radius 1 is 1.14 bits per heavy atom. The second kappa shape index (κ2) is 7.66. The molecular formula is C21H26N4O3. The molecule has 0 spiro atoms. The zero-order valence-corrected chi connectivity index (χ0v) is 16.1. The number of imidazole rings is 1. The average Bonchev–Trinajstić information content (AvgIpc) is 3.12. The molecule has 1 aliphatic heterocycles. The monoisotopic (exact) mass is 382 g/mol. The Morgan fingerprint density at radius 3 is 2.54 bits per heavy atom. The van der Waals surface area contributed by atoms with Gasteiger partial charge in [-0.2, -0.15) is 0 Å². The summed E-state index contributed by atoms with van der Waals surface area (Å²) in [6, 6.07) is 8.34. The number of carbonyl (C=O) groups is 2. The van der Waals surface area contributed by atoms with Crippen LogP contribution in [-0.2, 0) is 17.8 Å². The second-order valence-electron chi connectivity index (χ2n) is 7.85. The number of urea groups is 1. The second-order valence-corrected chi connectivity index (χ2v) is 7.85. The van der Waals surface area contributed by atoms with E-state index in [-0.39, 0.29) is 18.0 Å². The first-order valence-electron chi connectivity index (χ1n) is 9.91. The van der Waals surface area contributed by atoms with Gasteiger partial charge < -0.3 is 19.9 Å². The normalized spacial score (nSPS) is 21.8. The van der Waals surface area contributed by atoms with Crippen LogP contribution < -0.4 is 5.32 Å². The third kappa shape index (κ3) is 3.74. The summed E-state index contributed by atoms with van der Waals surface area (Å²) in [7, 11) is 0. The Bertz CT molecular complexity index is 866. The van der Waals surface area contributed by atoms with Crippen LogP contribution in [0.2, 0.25) is 0 Å². The summed E-state index contributed by atoms with van der Waals surface area (Å²) in [4.78, 5) is 30.1. The SMILES string of the molecule is Cc1ccc(-n2cnc3c2CCN(C(=O)NC2CCC(C(=O)O)CC2)C3)cc1. The molecule has 2 amide bonds. The van der Waals surface area contributed by atoms with Gasteiger partial charge in [0, 0.05) is 30.4 Å². The fraction of sp³-hybridized carbons (Fsp3) is 0.476. The standard InChI is InChI=1S/C21H26N4O3/c1-14-2-8-17(9-3-14)25-13-22-18-12-24(11-10-19(18)25)21(28)23-16-6-4-15(5-7-16)20(26)27/h2-3,8-9,13,15-16H,4-7,10-12H2,1H3,(H,23,28)(H,26,27). The van der Waals surface area contributed by atoms with E-state index in [0.717, 1.165) is 36.3 Å². The predicted octanol–water partition coefficient (Wildman–Crippen LogP) is 2.89. The third-order valence-electron chi connectivity index (χ3n) is 5.92. The van der Waals surface area contributed by atoms with E-state index in [0.29, 0.717) is 25.9 Å². The molecule has 0 atom stereocenters. The first kappa shape index (κ1) is 18.5. The number of amides is 2. The van der Waals surface area contributed by atoms with E-state index in [2.05, 4.69) is 46.1 Å². The maximum atomic E-state index is 12.7. The zero-order valence-electron chi connectivity index (χ0n) is 16.1. The summed E-state index contributed by atoms with van der Waals surface area (Å²) in [5.41, 5.74) is 4.41. The molecule has 7 heteroatoms. The average molecular weight is 382 g/mol. The van der Waals surface area contributed by atoms with Crippen LogP contribution in [0.25, 0.3) is 5.69 Å². The molecule has 1 aromatic heterocycles. The summed E-state index contributed by atoms with van der Waals surface area (Å²) < 4.78 is 2.11. The van der Waals surface area contributed by atoms with Crippen molar-refractivity contribution in [2.45, 2.75) is 51.6 Å². The molecule has 7 nitrogen and oxygen atoms in total. The van der Waals surface area contributed by atoms with Crippen molar-refractivity contribution in [3.05, 3.63) is 47.5 Å². The fourth-order valence-electron chi connectivity index (χ4n) is 4.16. The van der Waals surface area contributed by atoms with Crippen LogP contribution in [0.4, 0.5) is 4.79 Å². The molecule has 2 heterocycles. The van der Waals surface area contributed by atoms with Crippen molar-refractivity contribution in [2.24, 2.45) is 5.92 Å². The molecule has 2 N–H and O–H groups in total. The lowest BCUT2D eigenvalue weighted by Crippen LogP contribution is -2.48. The zero-order chi connectivity index (χ0) is 19.7. The first-order chi connectivity index (χ1) is 13.5. The van der Waals surface area contributed by atoms with Gasteiger partial charge in [-0.15, -0.1) is 0 Å². The number of fused-ring (bicyclic) bond motifs is 1. The fourth-order valence-corrected chi connectivity index (χ4v) is 4.16. The molecule has 0 saturated heterocycles. The van der Waals surface area contributed by atoms with Crippen LogP contribution in [0.15, 0.2) is 30.6 Å². The number of benzene rings is 1. The van der Waals surface area contributed by atoms with Gasteiger partial charge in [0.1, 0.15) is 0 Å². The van der Waals surface area contributed by atoms with Crippen LogP contribution >= 0.6 is 0 Å². The number of aromatic nitrogens is 2. The topological polar surface area (TPSA) is 87.5 Å². The maximum Gasteiger partial charge on any atom is 0.317 e. The number of carboxylic acid groups (broad SMARTS) is 1. The highest BCUT2D eigenvalue weighted by Gasteiger charge is 2.29. The van der Waals surface area contributed by atoms with Gasteiger partial charge >= 0.3 is 12.0 Å². The van der Waals surface area contributed by atoms with Gasteiger partial charge in [0.25, 0.3) is 0 Å². The predicted molar refractivity (Wildman–Crippen MR) is 104 cm³/mol. The molecule has 2 aromatic rings. The Morgan fingerprint density at radius 2 is 1.86 bits per heavy atom. The quantitative estimate of drug-likeness (QED) is 0.854. The minimum atomic E-state index is -0.725. The van der Waals surface area contributed by atoms with Crippen molar-refractivity contribution < 1.29 is 14.7 Å².